The number of fused-ring (bicyclic) bond motifs is 1. The molecule has 1 saturated heterocycles. The van der Waals surface area contributed by atoms with Crippen molar-refractivity contribution in [2.75, 3.05) is 13.1 Å². The van der Waals surface area contributed by atoms with Gasteiger partial charge in [-0.25, -0.2) is 9.97 Å². The molecule has 0 unspecified atom stereocenters. The van der Waals surface area contributed by atoms with Crippen molar-refractivity contribution in [1.82, 2.24) is 25.1 Å². The predicted molar refractivity (Wildman–Crippen MR) is 69.5 cm³/mol. The highest BCUT2D eigenvalue weighted by Gasteiger charge is 2.25. The first-order chi connectivity index (χ1) is 8.27. The van der Waals surface area contributed by atoms with Crippen LogP contribution in [-0.2, 0) is 0 Å². The van der Waals surface area contributed by atoms with Crippen LogP contribution in [0.3, 0.4) is 0 Å². The number of carbonyl (C=O) groups excluding carboxylic acids is 1. The monoisotopic (exact) mass is 343 g/mol. The van der Waals surface area contributed by atoms with Gasteiger partial charge in [-0.3, -0.25) is 9.89 Å². The minimum atomic E-state index is -0.0264. The van der Waals surface area contributed by atoms with Gasteiger partial charge in [0, 0.05) is 13.1 Å². The van der Waals surface area contributed by atoms with Gasteiger partial charge in [0.15, 0.2) is 11.3 Å². The molecule has 7 heteroatoms. The van der Waals surface area contributed by atoms with Crippen LogP contribution in [0.4, 0.5) is 0 Å². The van der Waals surface area contributed by atoms with Gasteiger partial charge in [-0.05, 0) is 35.4 Å². The third-order valence-corrected chi connectivity index (χ3v) is 3.73. The zero-order valence-electron chi connectivity index (χ0n) is 8.98. The van der Waals surface area contributed by atoms with Crippen molar-refractivity contribution in [3.05, 3.63) is 15.7 Å². The van der Waals surface area contributed by atoms with Crippen molar-refractivity contribution in [3.8, 4) is 0 Å². The summed E-state index contributed by atoms with van der Waals surface area (Å²) in [7, 11) is 0. The Bertz CT molecular complexity index is 575. The van der Waals surface area contributed by atoms with Crippen molar-refractivity contribution in [2.24, 2.45) is 0 Å². The first-order valence-electron chi connectivity index (χ1n) is 5.41. The van der Waals surface area contributed by atoms with Crippen LogP contribution >= 0.6 is 22.6 Å². The Kier molecular flexibility index (Phi) is 2.69. The quantitative estimate of drug-likeness (QED) is 0.624. The highest BCUT2D eigenvalue weighted by Crippen LogP contribution is 2.21. The standard InChI is InChI=1S/C10H10IN5O/c11-8-6-7(10(17)16-3-1-2-4-16)14-15-9(6)13-5-12-8/h5H,1-4H2,(H,12,13,14,15). The molecule has 3 rings (SSSR count). The van der Waals surface area contributed by atoms with Gasteiger partial charge in [0.25, 0.3) is 5.91 Å². The van der Waals surface area contributed by atoms with Gasteiger partial charge in [-0.2, -0.15) is 5.10 Å². The van der Waals surface area contributed by atoms with Crippen LogP contribution < -0.4 is 0 Å². The second-order valence-electron chi connectivity index (χ2n) is 3.96. The van der Waals surface area contributed by atoms with E-state index in [1.165, 1.54) is 6.33 Å². The smallest absolute Gasteiger partial charge is 0.275 e. The van der Waals surface area contributed by atoms with E-state index in [1.54, 1.807) is 0 Å². The lowest BCUT2D eigenvalue weighted by Crippen LogP contribution is -2.28. The lowest BCUT2D eigenvalue weighted by molar-refractivity contribution is 0.0789. The van der Waals surface area contributed by atoms with Crippen LogP contribution in [0.15, 0.2) is 6.33 Å². The van der Waals surface area contributed by atoms with Crippen LogP contribution in [0.25, 0.3) is 11.0 Å². The molecule has 0 spiro atoms. The number of halogens is 1. The molecular formula is C10H10IN5O. The minimum Gasteiger partial charge on any atom is -0.337 e. The number of hydrogen-bond donors (Lipinski definition) is 1. The molecule has 0 aromatic carbocycles. The number of amides is 1. The molecular weight excluding hydrogens is 333 g/mol. The van der Waals surface area contributed by atoms with E-state index in [0.717, 1.165) is 35.0 Å². The molecule has 0 atom stereocenters. The summed E-state index contributed by atoms with van der Waals surface area (Å²) in [5, 5.41) is 7.58. The van der Waals surface area contributed by atoms with Crippen molar-refractivity contribution < 1.29 is 4.79 Å². The molecule has 0 saturated carbocycles. The first-order valence-corrected chi connectivity index (χ1v) is 6.49. The summed E-state index contributed by atoms with van der Waals surface area (Å²) in [6.07, 6.45) is 3.61. The molecule has 0 aliphatic carbocycles. The summed E-state index contributed by atoms with van der Waals surface area (Å²) in [5.74, 6) is -0.0264. The largest absolute Gasteiger partial charge is 0.337 e. The second kappa shape index (κ2) is 4.21. The molecule has 17 heavy (non-hydrogen) atoms. The molecule has 2 aromatic rings. The number of carbonyl (C=O) groups is 1. The zero-order chi connectivity index (χ0) is 11.8. The van der Waals surface area contributed by atoms with Gasteiger partial charge >= 0.3 is 0 Å². The lowest BCUT2D eigenvalue weighted by Gasteiger charge is -2.13. The Labute approximate surface area is 111 Å². The fourth-order valence-corrected chi connectivity index (χ4v) is 2.68. The van der Waals surface area contributed by atoms with Crippen LogP contribution in [0.5, 0.6) is 0 Å². The first kappa shape index (κ1) is 10.9. The van der Waals surface area contributed by atoms with E-state index in [2.05, 4.69) is 42.8 Å². The number of rotatable bonds is 1. The van der Waals surface area contributed by atoms with Gasteiger partial charge in [0.2, 0.25) is 0 Å². The molecule has 0 radical (unpaired) electrons. The highest BCUT2D eigenvalue weighted by molar-refractivity contribution is 14.1. The van der Waals surface area contributed by atoms with Crippen LogP contribution in [0, 0.1) is 3.70 Å². The molecule has 1 aliphatic rings. The number of H-pyrrole nitrogens is 1. The summed E-state index contributed by atoms with van der Waals surface area (Å²) < 4.78 is 0.754. The van der Waals surface area contributed by atoms with Gasteiger partial charge in [-0.15, -0.1) is 0 Å². The summed E-state index contributed by atoms with van der Waals surface area (Å²) in [5.41, 5.74) is 1.05. The van der Waals surface area contributed by atoms with Crippen molar-refractivity contribution in [1.29, 1.82) is 0 Å². The second-order valence-corrected chi connectivity index (χ2v) is 4.98. The predicted octanol–water partition coefficient (Wildman–Crippen LogP) is 1.19. The summed E-state index contributed by atoms with van der Waals surface area (Å²) in [4.78, 5) is 22.3. The van der Waals surface area contributed by atoms with E-state index < -0.39 is 0 Å². The van der Waals surface area contributed by atoms with Crippen LogP contribution in [0.1, 0.15) is 23.3 Å². The van der Waals surface area contributed by atoms with E-state index >= 15 is 0 Å². The Balaban J connectivity index is 2.08. The molecule has 6 nitrogen and oxygen atoms in total. The Morgan fingerprint density at radius 1 is 1.35 bits per heavy atom. The maximum absolute atomic E-state index is 12.3. The molecule has 1 aliphatic heterocycles. The number of aromatic amines is 1. The number of nitrogens with one attached hydrogen (secondary N) is 1. The molecule has 88 valence electrons. The van der Waals surface area contributed by atoms with E-state index in [1.807, 2.05) is 4.90 Å². The Hall–Kier alpha value is -1.25. The van der Waals surface area contributed by atoms with E-state index in [4.69, 9.17) is 0 Å². The normalized spacial score (nSPS) is 15.7. The molecule has 1 N–H and O–H groups in total. The number of hydrogen-bond acceptors (Lipinski definition) is 4. The van der Waals surface area contributed by atoms with Gasteiger partial charge in [-0.1, -0.05) is 0 Å². The average molecular weight is 343 g/mol. The summed E-state index contributed by atoms with van der Waals surface area (Å²) in [6, 6.07) is 0. The third kappa shape index (κ3) is 1.78. The maximum Gasteiger partial charge on any atom is 0.275 e. The maximum atomic E-state index is 12.3. The molecule has 0 bridgehead atoms. The highest BCUT2D eigenvalue weighted by atomic mass is 127. The fourth-order valence-electron chi connectivity index (χ4n) is 2.05. The SMILES string of the molecule is O=C(c1n[nH]c2ncnc(I)c12)N1CCCC1. The Morgan fingerprint density at radius 2 is 2.12 bits per heavy atom. The van der Waals surface area contributed by atoms with E-state index in [9.17, 15) is 4.79 Å². The topological polar surface area (TPSA) is 74.8 Å². The van der Waals surface area contributed by atoms with Crippen molar-refractivity contribution in [3.63, 3.8) is 0 Å². The molecule has 1 amide bonds. The van der Waals surface area contributed by atoms with Crippen LogP contribution in [-0.4, -0.2) is 44.1 Å². The molecule has 1 fully saturated rings. The van der Waals surface area contributed by atoms with Crippen LogP contribution in [0.2, 0.25) is 0 Å². The van der Waals surface area contributed by atoms with Gasteiger partial charge < -0.3 is 4.90 Å². The number of aromatic nitrogens is 4. The van der Waals surface area contributed by atoms with Crippen molar-refractivity contribution in [2.45, 2.75) is 12.8 Å². The average Bonchev–Trinajstić information content (AvgIpc) is 2.98. The summed E-state index contributed by atoms with van der Waals surface area (Å²) >= 11 is 2.10. The summed E-state index contributed by atoms with van der Waals surface area (Å²) in [6.45, 7) is 1.63. The van der Waals surface area contributed by atoms with Gasteiger partial charge in [0.05, 0.1) is 5.39 Å². The molecule has 3 heterocycles. The van der Waals surface area contributed by atoms with Crippen molar-refractivity contribution >= 4 is 39.5 Å². The van der Waals surface area contributed by atoms with E-state index in [-0.39, 0.29) is 5.91 Å². The van der Waals surface area contributed by atoms with Gasteiger partial charge in [0.1, 0.15) is 10.0 Å². The Morgan fingerprint density at radius 3 is 2.88 bits per heavy atom. The fraction of sp³-hybridized carbons (Fsp3) is 0.400. The molecule has 2 aromatic heterocycles. The van der Waals surface area contributed by atoms with E-state index in [0.29, 0.717) is 11.3 Å². The number of likely N-dealkylation sites (tertiary alicyclic amines) is 1. The number of nitrogens with zero attached hydrogens (tertiary/aromatic N) is 4. The lowest BCUT2D eigenvalue weighted by atomic mass is 10.3. The third-order valence-electron chi connectivity index (χ3n) is 2.91. The minimum absolute atomic E-state index is 0.0264. The zero-order valence-corrected chi connectivity index (χ0v) is 11.1.